The Labute approximate surface area is 118 Å². The second kappa shape index (κ2) is 4.82. The van der Waals surface area contributed by atoms with Crippen molar-refractivity contribution in [3.05, 3.63) is 27.3 Å². The second-order valence-corrected chi connectivity index (χ2v) is 5.28. The zero-order chi connectivity index (χ0) is 14.3. The number of carboxylic acid groups (broad SMARTS) is 1. The van der Waals surface area contributed by atoms with Crippen molar-refractivity contribution in [1.82, 2.24) is 19.9 Å². The van der Waals surface area contributed by atoms with E-state index in [0.717, 1.165) is 5.69 Å². The van der Waals surface area contributed by atoms with Crippen molar-refractivity contribution in [3.63, 3.8) is 0 Å². The topological polar surface area (TPSA) is 102 Å². The van der Waals surface area contributed by atoms with Crippen LogP contribution in [0.25, 0.3) is 11.2 Å². The predicted octanol–water partition coefficient (Wildman–Crippen LogP) is 1.76. The first-order valence-corrected chi connectivity index (χ1v) is 6.68. The summed E-state index contributed by atoms with van der Waals surface area (Å²) < 4.78 is 0. The van der Waals surface area contributed by atoms with Crippen molar-refractivity contribution in [2.75, 3.05) is 13.1 Å². The maximum Gasteiger partial charge on any atom is 0.407 e. The van der Waals surface area contributed by atoms with Crippen LogP contribution >= 0.6 is 11.6 Å². The van der Waals surface area contributed by atoms with Gasteiger partial charge in [0.2, 0.25) is 0 Å². The van der Waals surface area contributed by atoms with E-state index in [1.54, 1.807) is 6.07 Å². The van der Waals surface area contributed by atoms with Crippen molar-refractivity contribution in [3.8, 4) is 0 Å². The van der Waals surface area contributed by atoms with E-state index >= 15 is 0 Å². The summed E-state index contributed by atoms with van der Waals surface area (Å²) in [5.41, 5.74) is 1.46. The van der Waals surface area contributed by atoms with Gasteiger partial charge in [-0.2, -0.15) is 0 Å². The zero-order valence-electron chi connectivity index (χ0n) is 10.5. The molecule has 3 N–H and O–H groups in total. The Kier molecular flexibility index (Phi) is 3.13. The number of amides is 1. The highest BCUT2D eigenvalue weighted by atomic mass is 35.5. The lowest BCUT2D eigenvalue weighted by atomic mass is 9.93. The highest BCUT2D eigenvalue weighted by Gasteiger charge is 2.26. The van der Waals surface area contributed by atoms with Gasteiger partial charge >= 0.3 is 11.8 Å². The van der Waals surface area contributed by atoms with Gasteiger partial charge in [0.05, 0.1) is 16.2 Å². The molecule has 8 heteroatoms. The Morgan fingerprint density at radius 3 is 2.75 bits per heavy atom. The number of hydrogen-bond acceptors (Lipinski definition) is 3. The van der Waals surface area contributed by atoms with E-state index < -0.39 is 6.09 Å². The van der Waals surface area contributed by atoms with E-state index in [9.17, 15) is 9.59 Å². The number of likely N-dealkylation sites (tertiary alicyclic amines) is 1. The SMILES string of the molecule is O=C(O)N1CCC(c2nc3[nH]c(=O)[nH]c3cc2Cl)CC1. The van der Waals surface area contributed by atoms with Crippen LogP contribution in [0.4, 0.5) is 4.79 Å². The van der Waals surface area contributed by atoms with E-state index in [0.29, 0.717) is 42.1 Å². The molecule has 0 atom stereocenters. The largest absolute Gasteiger partial charge is 0.465 e. The fourth-order valence-electron chi connectivity index (χ4n) is 2.59. The lowest BCUT2D eigenvalue weighted by molar-refractivity contribution is 0.132. The van der Waals surface area contributed by atoms with Crippen LogP contribution in [0.3, 0.4) is 0 Å². The Morgan fingerprint density at radius 1 is 1.40 bits per heavy atom. The first kappa shape index (κ1) is 13.0. The molecule has 0 bridgehead atoms. The number of carbonyl (C=O) groups is 1. The molecule has 7 nitrogen and oxygen atoms in total. The number of aromatic amines is 2. The van der Waals surface area contributed by atoms with Gasteiger partial charge in [0, 0.05) is 19.0 Å². The molecule has 1 fully saturated rings. The molecule has 3 heterocycles. The molecule has 1 aliphatic heterocycles. The Balaban J connectivity index is 1.89. The smallest absolute Gasteiger partial charge is 0.407 e. The van der Waals surface area contributed by atoms with Crippen molar-refractivity contribution < 1.29 is 9.90 Å². The highest BCUT2D eigenvalue weighted by Crippen LogP contribution is 2.32. The molecule has 0 spiro atoms. The van der Waals surface area contributed by atoms with Crippen LogP contribution in [0.15, 0.2) is 10.9 Å². The lowest BCUT2D eigenvalue weighted by Crippen LogP contribution is -2.37. The molecule has 1 amide bonds. The molecular weight excluding hydrogens is 284 g/mol. The molecular formula is C12H13ClN4O3. The number of fused-ring (bicyclic) bond motifs is 1. The van der Waals surface area contributed by atoms with Crippen molar-refractivity contribution in [2.24, 2.45) is 0 Å². The number of rotatable bonds is 1. The summed E-state index contributed by atoms with van der Waals surface area (Å²) in [4.78, 5) is 33.1. The predicted molar refractivity (Wildman–Crippen MR) is 73.3 cm³/mol. The zero-order valence-corrected chi connectivity index (χ0v) is 11.3. The van der Waals surface area contributed by atoms with E-state index in [4.69, 9.17) is 16.7 Å². The number of aromatic nitrogens is 3. The third-order valence-electron chi connectivity index (χ3n) is 3.64. The molecule has 20 heavy (non-hydrogen) atoms. The van der Waals surface area contributed by atoms with E-state index in [1.165, 1.54) is 4.90 Å². The molecule has 2 aromatic rings. The molecule has 0 radical (unpaired) electrons. The average Bonchev–Trinajstić information content (AvgIpc) is 2.77. The van der Waals surface area contributed by atoms with Crippen LogP contribution in [-0.2, 0) is 0 Å². The van der Waals surface area contributed by atoms with Gasteiger partial charge in [0.15, 0.2) is 5.65 Å². The molecule has 0 aliphatic carbocycles. The van der Waals surface area contributed by atoms with E-state index in [2.05, 4.69) is 15.0 Å². The minimum absolute atomic E-state index is 0.112. The number of nitrogens with one attached hydrogen (secondary N) is 2. The molecule has 2 aromatic heterocycles. The summed E-state index contributed by atoms with van der Waals surface area (Å²) in [6.45, 7) is 0.944. The van der Waals surface area contributed by atoms with Crippen molar-refractivity contribution in [2.45, 2.75) is 18.8 Å². The van der Waals surface area contributed by atoms with E-state index in [1.807, 2.05) is 0 Å². The van der Waals surface area contributed by atoms with E-state index in [-0.39, 0.29) is 11.6 Å². The maximum atomic E-state index is 11.2. The Morgan fingerprint density at radius 2 is 2.10 bits per heavy atom. The third kappa shape index (κ3) is 2.24. The molecule has 0 unspecified atom stereocenters. The summed E-state index contributed by atoms with van der Waals surface area (Å²) in [7, 11) is 0. The van der Waals surface area contributed by atoms with Crippen LogP contribution in [0.1, 0.15) is 24.5 Å². The molecule has 0 saturated carbocycles. The average molecular weight is 297 g/mol. The number of nitrogens with zero attached hydrogens (tertiary/aromatic N) is 2. The van der Waals surface area contributed by atoms with Gasteiger partial charge < -0.3 is 15.0 Å². The quantitative estimate of drug-likeness (QED) is 0.746. The summed E-state index contributed by atoms with van der Waals surface area (Å²) in [5, 5.41) is 9.44. The first-order valence-electron chi connectivity index (χ1n) is 6.31. The van der Waals surface area contributed by atoms with Crippen LogP contribution < -0.4 is 5.69 Å². The Bertz CT molecular complexity index is 715. The summed E-state index contributed by atoms with van der Waals surface area (Å²) >= 11 is 6.22. The summed E-state index contributed by atoms with van der Waals surface area (Å²) in [6.07, 6.45) is 0.464. The minimum atomic E-state index is -0.895. The number of halogens is 1. The van der Waals surface area contributed by atoms with Crippen LogP contribution in [0, 0.1) is 0 Å². The van der Waals surface area contributed by atoms with Gasteiger partial charge in [-0.05, 0) is 18.9 Å². The van der Waals surface area contributed by atoms with Crippen molar-refractivity contribution >= 4 is 28.9 Å². The minimum Gasteiger partial charge on any atom is -0.465 e. The lowest BCUT2D eigenvalue weighted by Gasteiger charge is -2.29. The normalized spacial score (nSPS) is 16.8. The second-order valence-electron chi connectivity index (χ2n) is 4.87. The van der Waals surface area contributed by atoms with Crippen LogP contribution in [0.2, 0.25) is 5.02 Å². The highest BCUT2D eigenvalue weighted by molar-refractivity contribution is 6.31. The molecule has 1 saturated heterocycles. The summed E-state index contributed by atoms with van der Waals surface area (Å²) in [5.74, 6) is 0.112. The Hall–Kier alpha value is -2.02. The fraction of sp³-hybridized carbons (Fsp3) is 0.417. The molecule has 0 aromatic carbocycles. The molecule has 1 aliphatic rings. The van der Waals surface area contributed by atoms with Crippen LogP contribution in [0.5, 0.6) is 0 Å². The fourth-order valence-corrected chi connectivity index (χ4v) is 2.89. The number of hydrogen-bond donors (Lipinski definition) is 3. The summed E-state index contributed by atoms with van der Waals surface area (Å²) in [6, 6.07) is 1.68. The van der Waals surface area contributed by atoms with Gasteiger partial charge in [-0.15, -0.1) is 0 Å². The number of imidazole rings is 1. The monoisotopic (exact) mass is 296 g/mol. The first-order chi connectivity index (χ1) is 9.54. The van der Waals surface area contributed by atoms with Gasteiger partial charge in [-0.25, -0.2) is 14.6 Å². The van der Waals surface area contributed by atoms with Crippen molar-refractivity contribution in [1.29, 1.82) is 0 Å². The van der Waals surface area contributed by atoms with Gasteiger partial charge in [0.1, 0.15) is 0 Å². The van der Waals surface area contributed by atoms with Gasteiger partial charge in [0.25, 0.3) is 0 Å². The van der Waals surface area contributed by atoms with Crippen LogP contribution in [-0.4, -0.2) is 44.1 Å². The maximum absolute atomic E-state index is 11.2. The molecule has 106 valence electrons. The van der Waals surface area contributed by atoms with Gasteiger partial charge in [-0.3, -0.25) is 4.98 Å². The standard InChI is InChI=1S/C12H13ClN4O3/c13-7-5-8-10(16-11(18)14-8)15-9(7)6-1-3-17(4-2-6)12(19)20/h5-6H,1-4H2,(H,19,20)(H2,14,15,16,18). The number of pyridine rings is 1. The number of H-pyrrole nitrogens is 2. The van der Waals surface area contributed by atoms with Gasteiger partial charge in [-0.1, -0.05) is 11.6 Å². The molecule has 3 rings (SSSR count). The third-order valence-corrected chi connectivity index (χ3v) is 3.94. The number of piperidine rings is 1.